The number of aryl methyl sites for hydroxylation is 1. The predicted octanol–water partition coefficient (Wildman–Crippen LogP) is 3.02. The lowest BCUT2D eigenvalue weighted by atomic mass is 10.1. The van der Waals surface area contributed by atoms with Crippen LogP contribution in [0.15, 0.2) is 6.07 Å². The van der Waals surface area contributed by atoms with Gasteiger partial charge in [0, 0.05) is 18.5 Å². The monoisotopic (exact) mass is 293 g/mol. The van der Waals surface area contributed by atoms with Crippen LogP contribution in [0.3, 0.4) is 0 Å². The van der Waals surface area contributed by atoms with E-state index in [2.05, 4.69) is 54.2 Å². The predicted molar refractivity (Wildman–Crippen MR) is 87.3 cm³/mol. The molecule has 0 unspecified atom stereocenters. The van der Waals surface area contributed by atoms with E-state index in [1.807, 2.05) is 0 Å². The molecule has 2 rings (SSSR count). The number of nitrogens with two attached hydrogens (primary N) is 1. The lowest BCUT2D eigenvalue weighted by molar-refractivity contribution is 0.584. The number of hydrogen-bond acceptors (Lipinski definition) is 6. The third kappa shape index (κ3) is 3.19. The zero-order valence-electron chi connectivity index (χ0n) is 12.6. The lowest BCUT2D eigenvalue weighted by Gasteiger charge is -2.20. The van der Waals surface area contributed by atoms with Crippen molar-refractivity contribution in [2.45, 2.75) is 33.6 Å². The third-order valence-corrected chi connectivity index (χ3v) is 4.48. The van der Waals surface area contributed by atoms with Gasteiger partial charge in [0.05, 0.1) is 5.39 Å². The number of nitrogen functional groups attached to an aromatic ring is 1. The molecule has 0 aliphatic heterocycles. The highest BCUT2D eigenvalue weighted by atomic mass is 32.1. The average molecular weight is 293 g/mol. The molecule has 6 heteroatoms. The van der Waals surface area contributed by atoms with E-state index in [4.69, 9.17) is 5.84 Å². The third-order valence-electron chi connectivity index (χ3n) is 3.30. The molecule has 0 fully saturated rings. The van der Waals surface area contributed by atoms with Crippen LogP contribution in [-0.2, 0) is 6.42 Å². The van der Waals surface area contributed by atoms with Crippen molar-refractivity contribution in [3.63, 3.8) is 0 Å². The Bertz CT molecular complexity index is 578. The minimum absolute atomic E-state index is 0.480. The maximum atomic E-state index is 5.48. The number of hydrogen-bond donors (Lipinski definition) is 2. The van der Waals surface area contributed by atoms with Gasteiger partial charge in [-0.05, 0) is 24.8 Å². The van der Waals surface area contributed by atoms with Gasteiger partial charge in [-0.2, -0.15) is 4.98 Å². The van der Waals surface area contributed by atoms with Crippen LogP contribution in [0, 0.1) is 5.92 Å². The Morgan fingerprint density at radius 1 is 1.40 bits per heavy atom. The highest BCUT2D eigenvalue weighted by Gasteiger charge is 2.14. The largest absolute Gasteiger partial charge is 0.359 e. The second-order valence-corrected chi connectivity index (χ2v) is 6.52. The van der Waals surface area contributed by atoms with Gasteiger partial charge in [-0.25, -0.2) is 10.8 Å². The fourth-order valence-electron chi connectivity index (χ4n) is 2.04. The molecular formula is C14H23N5S. The van der Waals surface area contributed by atoms with E-state index in [0.717, 1.165) is 35.4 Å². The number of rotatable bonds is 6. The van der Waals surface area contributed by atoms with Crippen molar-refractivity contribution in [3.8, 4) is 0 Å². The topological polar surface area (TPSA) is 67.1 Å². The van der Waals surface area contributed by atoms with Gasteiger partial charge < -0.3 is 4.90 Å². The van der Waals surface area contributed by atoms with Crippen molar-refractivity contribution < 1.29 is 0 Å². The summed E-state index contributed by atoms with van der Waals surface area (Å²) >= 11 is 1.71. The van der Waals surface area contributed by atoms with E-state index in [1.54, 1.807) is 11.3 Å². The van der Waals surface area contributed by atoms with Crippen molar-refractivity contribution in [2.24, 2.45) is 11.8 Å². The van der Waals surface area contributed by atoms with E-state index in [0.29, 0.717) is 11.9 Å². The molecule has 20 heavy (non-hydrogen) atoms. The summed E-state index contributed by atoms with van der Waals surface area (Å²) < 4.78 is 0. The van der Waals surface area contributed by atoms with Gasteiger partial charge in [0.2, 0.25) is 5.95 Å². The molecule has 110 valence electrons. The fraction of sp³-hybridized carbons (Fsp3) is 0.571. The second kappa shape index (κ2) is 6.37. The molecule has 3 N–H and O–H groups in total. The molecule has 2 aromatic heterocycles. The number of anilines is 2. The summed E-state index contributed by atoms with van der Waals surface area (Å²) in [5.74, 6) is 7.60. The molecule has 0 spiro atoms. The molecule has 5 nitrogen and oxygen atoms in total. The molecule has 0 amide bonds. The number of thiophene rings is 1. The van der Waals surface area contributed by atoms with Crippen molar-refractivity contribution in [2.75, 3.05) is 23.9 Å². The average Bonchev–Trinajstić information content (AvgIpc) is 2.86. The van der Waals surface area contributed by atoms with E-state index in [1.165, 1.54) is 4.88 Å². The quantitative estimate of drug-likeness (QED) is 0.633. The van der Waals surface area contributed by atoms with Crippen molar-refractivity contribution in [3.05, 3.63) is 10.9 Å². The standard InChI is InChI=1S/C14H23N5S/c1-5-10-8-11-12(19(4)7-6-9(2)3)16-14(18-15)17-13(11)20-10/h8-9H,5-7,15H2,1-4H3,(H,16,17,18). The first-order valence-corrected chi connectivity index (χ1v) is 7.85. The van der Waals surface area contributed by atoms with Crippen LogP contribution in [0.5, 0.6) is 0 Å². The Balaban J connectivity index is 2.40. The summed E-state index contributed by atoms with van der Waals surface area (Å²) in [6, 6.07) is 2.20. The zero-order chi connectivity index (χ0) is 14.7. The first-order chi connectivity index (χ1) is 9.55. The lowest BCUT2D eigenvalue weighted by Crippen LogP contribution is -2.22. The smallest absolute Gasteiger partial charge is 0.240 e. The number of aromatic nitrogens is 2. The highest BCUT2D eigenvalue weighted by molar-refractivity contribution is 7.18. The summed E-state index contributed by atoms with van der Waals surface area (Å²) in [6.07, 6.45) is 2.15. The van der Waals surface area contributed by atoms with E-state index < -0.39 is 0 Å². The van der Waals surface area contributed by atoms with E-state index >= 15 is 0 Å². The number of nitrogens with one attached hydrogen (secondary N) is 1. The van der Waals surface area contributed by atoms with Crippen molar-refractivity contribution in [1.29, 1.82) is 0 Å². The zero-order valence-corrected chi connectivity index (χ0v) is 13.4. The summed E-state index contributed by atoms with van der Waals surface area (Å²) in [6.45, 7) is 7.60. The van der Waals surface area contributed by atoms with Crippen molar-refractivity contribution in [1.82, 2.24) is 9.97 Å². The van der Waals surface area contributed by atoms with E-state index in [-0.39, 0.29) is 0 Å². The highest BCUT2D eigenvalue weighted by Crippen LogP contribution is 2.32. The van der Waals surface area contributed by atoms with Crippen LogP contribution in [-0.4, -0.2) is 23.6 Å². The minimum atomic E-state index is 0.480. The Kier molecular flexibility index (Phi) is 4.77. The maximum absolute atomic E-state index is 5.48. The van der Waals surface area contributed by atoms with Crippen LogP contribution in [0.25, 0.3) is 10.2 Å². The summed E-state index contributed by atoms with van der Waals surface area (Å²) in [5.41, 5.74) is 2.56. The van der Waals surface area contributed by atoms with Gasteiger partial charge in [-0.3, -0.25) is 5.43 Å². The summed E-state index contributed by atoms with van der Waals surface area (Å²) in [5, 5.41) is 1.12. The summed E-state index contributed by atoms with van der Waals surface area (Å²) in [4.78, 5) is 13.5. The van der Waals surface area contributed by atoms with Crippen LogP contribution >= 0.6 is 11.3 Å². The maximum Gasteiger partial charge on any atom is 0.240 e. The molecule has 0 atom stereocenters. The van der Waals surface area contributed by atoms with Gasteiger partial charge >= 0.3 is 0 Å². The first kappa shape index (κ1) is 15.0. The molecule has 0 radical (unpaired) electrons. The Labute approximate surface area is 124 Å². The fourth-order valence-corrected chi connectivity index (χ4v) is 3.01. The second-order valence-electron chi connectivity index (χ2n) is 5.40. The van der Waals surface area contributed by atoms with Crippen LogP contribution in [0.2, 0.25) is 0 Å². The Morgan fingerprint density at radius 2 is 2.15 bits per heavy atom. The SMILES string of the molecule is CCc1cc2c(N(C)CCC(C)C)nc(NN)nc2s1. The van der Waals surface area contributed by atoms with Gasteiger partial charge in [-0.1, -0.05) is 20.8 Å². The Morgan fingerprint density at radius 3 is 2.75 bits per heavy atom. The molecule has 0 aromatic carbocycles. The van der Waals surface area contributed by atoms with E-state index in [9.17, 15) is 0 Å². The minimum Gasteiger partial charge on any atom is -0.359 e. The molecule has 0 aliphatic carbocycles. The molecule has 0 saturated heterocycles. The first-order valence-electron chi connectivity index (χ1n) is 7.03. The normalized spacial score (nSPS) is 11.3. The number of hydrazine groups is 1. The molecule has 2 aromatic rings. The van der Waals surface area contributed by atoms with Crippen LogP contribution in [0.4, 0.5) is 11.8 Å². The molecular weight excluding hydrogens is 270 g/mol. The number of fused-ring (bicyclic) bond motifs is 1. The van der Waals surface area contributed by atoms with Crippen LogP contribution < -0.4 is 16.2 Å². The number of nitrogens with zero attached hydrogens (tertiary/aromatic N) is 3. The van der Waals surface area contributed by atoms with Gasteiger partial charge in [0.25, 0.3) is 0 Å². The van der Waals surface area contributed by atoms with Crippen molar-refractivity contribution >= 4 is 33.3 Å². The van der Waals surface area contributed by atoms with Gasteiger partial charge in [0.1, 0.15) is 10.6 Å². The van der Waals surface area contributed by atoms with Crippen LogP contribution in [0.1, 0.15) is 32.1 Å². The van der Waals surface area contributed by atoms with Gasteiger partial charge in [-0.15, -0.1) is 11.3 Å². The van der Waals surface area contributed by atoms with Gasteiger partial charge in [0.15, 0.2) is 0 Å². The molecule has 2 heterocycles. The molecule has 0 saturated carbocycles. The summed E-state index contributed by atoms with van der Waals surface area (Å²) in [7, 11) is 2.08. The molecule has 0 aliphatic rings. The molecule has 0 bridgehead atoms. The Hall–Kier alpha value is -1.40.